The van der Waals surface area contributed by atoms with E-state index < -0.39 is 15.8 Å². The molecule has 1 aliphatic rings. The van der Waals surface area contributed by atoms with Crippen molar-refractivity contribution < 1.29 is 26.8 Å². The highest BCUT2D eigenvalue weighted by atomic mass is 32.2. The molecular formula is C25H26FN3O5S. The molecule has 2 heterocycles. The Balaban J connectivity index is 1.35. The smallest absolute Gasteiger partial charge is 0.261 e. The third-order valence-electron chi connectivity index (χ3n) is 5.99. The maximum absolute atomic E-state index is 13.8. The molecule has 2 amide bonds. The Morgan fingerprint density at radius 1 is 1.09 bits per heavy atom. The normalized spacial score (nSPS) is 14.5. The van der Waals surface area contributed by atoms with Crippen molar-refractivity contribution in [1.82, 2.24) is 10.2 Å². The van der Waals surface area contributed by atoms with Gasteiger partial charge in [-0.1, -0.05) is 12.1 Å². The molecule has 0 spiro atoms. The third kappa shape index (κ3) is 5.89. The second kappa shape index (κ2) is 10.3. The predicted molar refractivity (Wildman–Crippen MR) is 128 cm³/mol. The number of hydrogen-bond acceptors (Lipinski definition) is 5. The second-order valence-corrected chi connectivity index (χ2v) is 10.1. The Morgan fingerprint density at radius 2 is 1.86 bits per heavy atom. The van der Waals surface area contributed by atoms with Crippen LogP contribution in [0, 0.1) is 18.7 Å². The Morgan fingerprint density at radius 3 is 2.54 bits per heavy atom. The number of carbonyl (C=O) groups excluding carboxylic acids is 2. The largest absolute Gasteiger partial charge is 0.467 e. The summed E-state index contributed by atoms with van der Waals surface area (Å²) in [5, 5.41) is 2.85. The van der Waals surface area contributed by atoms with E-state index in [1.54, 1.807) is 42.4 Å². The molecule has 0 atom stereocenters. The van der Waals surface area contributed by atoms with Crippen LogP contribution in [0.15, 0.2) is 70.2 Å². The zero-order valence-electron chi connectivity index (χ0n) is 19.2. The number of rotatable bonds is 7. The highest BCUT2D eigenvalue weighted by molar-refractivity contribution is 7.92. The van der Waals surface area contributed by atoms with E-state index in [-0.39, 0.29) is 28.3 Å². The number of furan rings is 1. The molecule has 0 aliphatic carbocycles. The van der Waals surface area contributed by atoms with Crippen LogP contribution in [-0.2, 0) is 21.4 Å². The molecule has 1 saturated heterocycles. The lowest BCUT2D eigenvalue weighted by atomic mass is 9.95. The summed E-state index contributed by atoms with van der Waals surface area (Å²) in [5.41, 5.74) is 0.861. The van der Waals surface area contributed by atoms with Crippen LogP contribution in [-0.4, -0.2) is 38.2 Å². The standard InChI is InChI=1S/C25H26FN3O5S/c1-17-7-8-22(15-23(17)26)35(32,33)28-20-5-2-4-19(14-20)25(31)29-11-9-18(10-12-29)24(30)27-16-21-6-3-13-34-21/h2-8,13-15,18,28H,9-12,16H2,1H3,(H,27,30). The first-order chi connectivity index (χ1) is 16.7. The topological polar surface area (TPSA) is 109 Å². The van der Waals surface area contributed by atoms with Crippen LogP contribution >= 0.6 is 0 Å². The van der Waals surface area contributed by atoms with E-state index in [2.05, 4.69) is 10.0 Å². The van der Waals surface area contributed by atoms with Gasteiger partial charge in [0.05, 0.1) is 17.7 Å². The lowest BCUT2D eigenvalue weighted by Crippen LogP contribution is -2.42. The molecule has 0 unspecified atom stereocenters. The molecule has 10 heteroatoms. The van der Waals surface area contributed by atoms with Crippen LogP contribution in [0.4, 0.5) is 10.1 Å². The molecule has 35 heavy (non-hydrogen) atoms. The zero-order chi connectivity index (χ0) is 25.0. The van der Waals surface area contributed by atoms with Crippen LogP contribution < -0.4 is 10.0 Å². The number of benzene rings is 2. The highest BCUT2D eigenvalue weighted by Gasteiger charge is 2.28. The number of likely N-dealkylation sites (tertiary alicyclic amines) is 1. The van der Waals surface area contributed by atoms with Gasteiger partial charge in [0, 0.05) is 30.3 Å². The first-order valence-corrected chi connectivity index (χ1v) is 12.7. The van der Waals surface area contributed by atoms with Gasteiger partial charge in [0.15, 0.2) is 0 Å². The molecule has 1 fully saturated rings. The van der Waals surface area contributed by atoms with E-state index in [0.717, 1.165) is 6.07 Å². The van der Waals surface area contributed by atoms with Gasteiger partial charge < -0.3 is 14.6 Å². The van der Waals surface area contributed by atoms with Crippen molar-refractivity contribution in [3.8, 4) is 0 Å². The van der Waals surface area contributed by atoms with Gasteiger partial charge in [-0.05, 0) is 67.8 Å². The molecule has 1 aromatic heterocycles. The Labute approximate surface area is 203 Å². The van der Waals surface area contributed by atoms with Gasteiger partial charge >= 0.3 is 0 Å². The molecule has 0 bridgehead atoms. The Kier molecular flexibility index (Phi) is 7.20. The van der Waals surface area contributed by atoms with Crippen molar-refractivity contribution in [3.63, 3.8) is 0 Å². The first kappa shape index (κ1) is 24.5. The monoisotopic (exact) mass is 499 g/mol. The highest BCUT2D eigenvalue weighted by Crippen LogP contribution is 2.23. The number of carbonyl (C=O) groups is 2. The molecule has 0 radical (unpaired) electrons. The Bertz CT molecular complexity index is 1320. The van der Waals surface area contributed by atoms with Crippen molar-refractivity contribution in [3.05, 3.63) is 83.6 Å². The average molecular weight is 500 g/mol. The molecule has 2 aromatic carbocycles. The maximum Gasteiger partial charge on any atom is 0.261 e. The number of hydrogen-bond donors (Lipinski definition) is 2. The van der Waals surface area contributed by atoms with Gasteiger partial charge in [-0.15, -0.1) is 0 Å². The van der Waals surface area contributed by atoms with Crippen molar-refractivity contribution in [2.45, 2.75) is 31.2 Å². The first-order valence-electron chi connectivity index (χ1n) is 11.2. The maximum atomic E-state index is 13.8. The fourth-order valence-electron chi connectivity index (χ4n) is 3.93. The Hall–Kier alpha value is -3.66. The average Bonchev–Trinajstić information content (AvgIpc) is 3.37. The van der Waals surface area contributed by atoms with Gasteiger partial charge in [-0.3, -0.25) is 14.3 Å². The third-order valence-corrected chi connectivity index (χ3v) is 7.36. The molecular weight excluding hydrogens is 473 g/mol. The molecule has 2 N–H and O–H groups in total. The van der Waals surface area contributed by atoms with Gasteiger partial charge in [0.1, 0.15) is 11.6 Å². The summed E-state index contributed by atoms with van der Waals surface area (Å²) in [4.78, 5) is 26.9. The summed E-state index contributed by atoms with van der Waals surface area (Å²) in [6.45, 7) is 2.69. The van der Waals surface area contributed by atoms with E-state index in [9.17, 15) is 22.4 Å². The van der Waals surface area contributed by atoms with Crippen LogP contribution in [0.1, 0.15) is 34.5 Å². The summed E-state index contributed by atoms with van der Waals surface area (Å²) in [6.07, 6.45) is 2.61. The van der Waals surface area contributed by atoms with Crippen LogP contribution in [0.25, 0.3) is 0 Å². The number of piperidine rings is 1. The SMILES string of the molecule is Cc1ccc(S(=O)(=O)Nc2cccc(C(=O)N3CCC(C(=O)NCc4ccco4)CC3)c2)cc1F. The number of aryl methyl sites for hydroxylation is 1. The predicted octanol–water partition coefficient (Wildman–Crippen LogP) is 3.70. The van der Waals surface area contributed by atoms with E-state index >= 15 is 0 Å². The molecule has 0 saturated carbocycles. The minimum Gasteiger partial charge on any atom is -0.467 e. The number of sulfonamides is 1. The van der Waals surface area contributed by atoms with E-state index in [0.29, 0.717) is 49.4 Å². The number of anilines is 1. The lowest BCUT2D eigenvalue weighted by molar-refractivity contribution is -0.126. The van der Waals surface area contributed by atoms with Gasteiger partial charge in [-0.2, -0.15) is 0 Å². The van der Waals surface area contributed by atoms with Crippen LogP contribution in [0.5, 0.6) is 0 Å². The summed E-state index contributed by atoms with van der Waals surface area (Å²) >= 11 is 0. The lowest BCUT2D eigenvalue weighted by Gasteiger charge is -2.31. The van der Waals surface area contributed by atoms with E-state index in [1.165, 1.54) is 24.3 Å². The van der Waals surface area contributed by atoms with Gasteiger partial charge in [-0.25, -0.2) is 12.8 Å². The number of amides is 2. The van der Waals surface area contributed by atoms with Crippen molar-refractivity contribution >= 4 is 27.5 Å². The molecule has 184 valence electrons. The molecule has 4 rings (SSSR count). The number of nitrogens with one attached hydrogen (secondary N) is 2. The quantitative estimate of drug-likeness (QED) is 0.515. The molecule has 1 aliphatic heterocycles. The molecule has 3 aromatic rings. The van der Waals surface area contributed by atoms with Crippen molar-refractivity contribution in [2.75, 3.05) is 17.8 Å². The summed E-state index contributed by atoms with van der Waals surface area (Å²) < 4.78 is 46.8. The van der Waals surface area contributed by atoms with Crippen molar-refractivity contribution in [2.24, 2.45) is 5.92 Å². The minimum atomic E-state index is -4.02. The second-order valence-electron chi connectivity index (χ2n) is 8.46. The van der Waals surface area contributed by atoms with Crippen molar-refractivity contribution in [1.29, 1.82) is 0 Å². The zero-order valence-corrected chi connectivity index (χ0v) is 20.0. The van der Waals surface area contributed by atoms with E-state index in [4.69, 9.17) is 4.42 Å². The summed E-state index contributed by atoms with van der Waals surface area (Å²) in [7, 11) is -4.02. The van der Waals surface area contributed by atoms with Crippen LogP contribution in [0.3, 0.4) is 0 Å². The summed E-state index contributed by atoms with van der Waals surface area (Å²) in [6, 6.07) is 13.4. The minimum absolute atomic E-state index is 0.0718. The fourth-order valence-corrected chi connectivity index (χ4v) is 4.99. The van der Waals surface area contributed by atoms with Crippen LogP contribution in [0.2, 0.25) is 0 Å². The van der Waals surface area contributed by atoms with Gasteiger partial charge in [0.2, 0.25) is 5.91 Å². The fraction of sp³-hybridized carbons (Fsp3) is 0.280. The number of halogens is 1. The summed E-state index contributed by atoms with van der Waals surface area (Å²) in [5.74, 6) is -0.454. The van der Waals surface area contributed by atoms with Gasteiger partial charge in [0.25, 0.3) is 15.9 Å². The van der Waals surface area contributed by atoms with E-state index in [1.807, 2.05) is 0 Å². The number of nitrogens with zero attached hydrogens (tertiary/aromatic N) is 1. The molecule has 8 nitrogen and oxygen atoms in total.